The molecule has 0 aromatic carbocycles. The monoisotopic (exact) mass is 522 g/mol. The molecule has 1 atom stereocenters. The van der Waals surface area contributed by atoms with Gasteiger partial charge in [-0.3, -0.25) is 0 Å². The second kappa shape index (κ2) is 23.4. The van der Waals surface area contributed by atoms with Crippen molar-refractivity contribution < 1.29 is 0 Å². The Balaban J connectivity index is -0.000000451. The van der Waals surface area contributed by atoms with Gasteiger partial charge < -0.3 is 0 Å². The minimum atomic E-state index is 0.500. The summed E-state index contributed by atoms with van der Waals surface area (Å²) in [6, 6.07) is 0. The number of hydrogen-bond donors (Lipinski definition) is 0. The highest BCUT2D eigenvalue weighted by molar-refractivity contribution is 8.03. The first kappa shape index (κ1) is 38.6. The molecule has 0 bridgehead atoms. The molecular formula is C30H66S3. The van der Waals surface area contributed by atoms with Crippen LogP contribution in [0.25, 0.3) is 0 Å². The maximum Gasteiger partial charge on any atom is 0.0138 e. The quantitative estimate of drug-likeness (QED) is 0.208. The molecule has 0 aromatic rings. The van der Waals surface area contributed by atoms with Crippen molar-refractivity contribution in [3.05, 3.63) is 0 Å². The summed E-state index contributed by atoms with van der Waals surface area (Å²) in [5.74, 6) is 6.68. The van der Waals surface area contributed by atoms with E-state index in [1.807, 2.05) is 0 Å². The van der Waals surface area contributed by atoms with Crippen molar-refractivity contribution in [2.24, 2.45) is 16.2 Å². The molecule has 0 saturated carbocycles. The van der Waals surface area contributed by atoms with Gasteiger partial charge in [0.15, 0.2) is 0 Å². The summed E-state index contributed by atoms with van der Waals surface area (Å²) in [5.41, 5.74) is 1.58. The van der Waals surface area contributed by atoms with Crippen LogP contribution in [0.1, 0.15) is 141 Å². The highest BCUT2D eigenvalue weighted by Crippen LogP contribution is 2.28. The van der Waals surface area contributed by atoms with Crippen molar-refractivity contribution in [2.75, 3.05) is 28.8 Å². The van der Waals surface area contributed by atoms with E-state index in [0.29, 0.717) is 16.2 Å². The van der Waals surface area contributed by atoms with Crippen LogP contribution in [-0.4, -0.2) is 34.0 Å². The van der Waals surface area contributed by atoms with Crippen LogP contribution >= 0.6 is 35.3 Å². The average Bonchev–Trinajstić information content (AvgIpc) is 2.66. The van der Waals surface area contributed by atoms with E-state index in [9.17, 15) is 0 Å². The molecule has 0 spiro atoms. The van der Waals surface area contributed by atoms with Gasteiger partial charge in [0.1, 0.15) is 0 Å². The molecule has 1 unspecified atom stereocenters. The maximum absolute atomic E-state index is 2.35. The molecule has 0 aromatic heterocycles. The van der Waals surface area contributed by atoms with E-state index in [4.69, 9.17) is 0 Å². The fraction of sp³-hybridized carbons (Fsp3) is 1.00. The first-order chi connectivity index (χ1) is 15.1. The number of thioether (sulfide) groups is 3. The van der Waals surface area contributed by atoms with Crippen molar-refractivity contribution in [1.82, 2.24) is 0 Å². The van der Waals surface area contributed by atoms with Gasteiger partial charge in [-0.2, -0.15) is 35.3 Å². The molecule has 204 valence electrons. The summed E-state index contributed by atoms with van der Waals surface area (Å²) in [7, 11) is 0. The number of hydrogen-bond acceptors (Lipinski definition) is 3. The van der Waals surface area contributed by atoms with E-state index in [0.717, 1.165) is 5.25 Å². The van der Waals surface area contributed by atoms with E-state index >= 15 is 0 Å². The molecule has 0 aliphatic carbocycles. The molecular weight excluding hydrogens is 457 g/mol. The van der Waals surface area contributed by atoms with Gasteiger partial charge in [-0.1, -0.05) is 96.4 Å². The van der Waals surface area contributed by atoms with Gasteiger partial charge in [-0.05, 0) is 84.2 Å². The van der Waals surface area contributed by atoms with E-state index in [2.05, 4.69) is 125 Å². The molecule has 0 saturated heterocycles. The summed E-state index contributed by atoms with van der Waals surface area (Å²) in [6.45, 7) is 29.8. The lowest BCUT2D eigenvalue weighted by Gasteiger charge is -2.22. The fourth-order valence-electron chi connectivity index (χ4n) is 2.83. The van der Waals surface area contributed by atoms with E-state index in [-0.39, 0.29) is 0 Å². The fourth-order valence-corrected chi connectivity index (χ4v) is 6.49. The van der Waals surface area contributed by atoms with Crippen molar-refractivity contribution in [2.45, 2.75) is 147 Å². The number of rotatable bonds is 14. The lowest BCUT2D eigenvalue weighted by atomic mass is 9.90. The van der Waals surface area contributed by atoms with Gasteiger partial charge in [-0.25, -0.2) is 0 Å². The third kappa shape index (κ3) is 43.5. The van der Waals surface area contributed by atoms with Gasteiger partial charge in [-0.15, -0.1) is 0 Å². The smallest absolute Gasteiger partial charge is 0.0138 e. The third-order valence-corrected chi connectivity index (χ3v) is 9.02. The van der Waals surface area contributed by atoms with Crippen LogP contribution in [0, 0.1) is 16.2 Å². The predicted octanol–water partition coefficient (Wildman–Crippen LogP) is 11.9. The molecule has 0 heterocycles. The Hall–Kier alpha value is 1.05. The van der Waals surface area contributed by atoms with Gasteiger partial charge in [0.25, 0.3) is 0 Å². The van der Waals surface area contributed by atoms with Gasteiger partial charge in [0.05, 0.1) is 0 Å². The van der Waals surface area contributed by atoms with Crippen LogP contribution in [0.4, 0.5) is 0 Å². The van der Waals surface area contributed by atoms with Gasteiger partial charge in [0, 0.05) is 11.0 Å². The van der Waals surface area contributed by atoms with Crippen molar-refractivity contribution in [3.8, 4) is 0 Å². The van der Waals surface area contributed by atoms with E-state index in [1.165, 1.54) is 80.1 Å². The summed E-state index contributed by atoms with van der Waals surface area (Å²) in [5, 5.41) is 0.885. The molecule has 0 aliphatic heterocycles. The van der Waals surface area contributed by atoms with Crippen molar-refractivity contribution in [3.63, 3.8) is 0 Å². The van der Waals surface area contributed by atoms with E-state index in [1.54, 1.807) is 0 Å². The lowest BCUT2D eigenvalue weighted by molar-refractivity contribution is 0.366. The highest BCUT2D eigenvalue weighted by Gasteiger charge is 2.15. The average molecular weight is 523 g/mol. The Kier molecular flexibility index (Phi) is 27.4. The lowest BCUT2D eigenvalue weighted by Crippen LogP contribution is -2.13. The van der Waals surface area contributed by atoms with Crippen LogP contribution in [-0.2, 0) is 0 Å². The Morgan fingerprint density at radius 2 is 0.939 bits per heavy atom. The predicted molar refractivity (Wildman–Crippen MR) is 169 cm³/mol. The van der Waals surface area contributed by atoms with Crippen LogP contribution < -0.4 is 0 Å². The normalized spacial score (nSPS) is 13.0. The maximum atomic E-state index is 2.35. The summed E-state index contributed by atoms with van der Waals surface area (Å²) in [4.78, 5) is 0. The highest BCUT2D eigenvalue weighted by atomic mass is 32.2. The van der Waals surface area contributed by atoms with Crippen LogP contribution in [0.2, 0.25) is 0 Å². The SMILES string of the molecule is CCCC(C)(C)C.CCCSCC(CCC(C)(C)C)SCCC.CCCSCCC(C)(C)C. The zero-order valence-corrected chi connectivity index (χ0v) is 27.9. The first-order valence-electron chi connectivity index (χ1n) is 13.9. The molecule has 0 N–H and O–H groups in total. The Morgan fingerprint density at radius 3 is 1.30 bits per heavy atom. The minimum Gasteiger partial charge on any atom is -0.162 e. The largest absolute Gasteiger partial charge is 0.162 e. The molecule has 0 nitrogen and oxygen atoms in total. The topological polar surface area (TPSA) is 0 Å². The zero-order valence-electron chi connectivity index (χ0n) is 25.5. The van der Waals surface area contributed by atoms with Crippen LogP contribution in [0.15, 0.2) is 0 Å². The Bertz CT molecular complexity index is 371. The Labute approximate surface area is 226 Å². The van der Waals surface area contributed by atoms with E-state index < -0.39 is 0 Å². The Morgan fingerprint density at radius 1 is 0.485 bits per heavy atom. The van der Waals surface area contributed by atoms with Crippen LogP contribution in [0.5, 0.6) is 0 Å². The van der Waals surface area contributed by atoms with Crippen molar-refractivity contribution >= 4 is 35.3 Å². The minimum absolute atomic E-state index is 0.500. The summed E-state index contributed by atoms with van der Waals surface area (Å²) in [6.07, 6.45) is 10.7. The molecule has 0 aliphatic rings. The second-order valence-corrected chi connectivity index (χ2v) is 16.7. The molecule has 3 heteroatoms. The standard InChI is InChI=1S/C14H30S2.C9H20S.C7H16/c1-6-10-15-12-13(16-11-7-2)8-9-14(3,4)5;1-5-7-10-8-6-9(2,3)4;1-5-6-7(2,3)4/h13H,6-12H2,1-5H3;5-8H2,1-4H3;5-6H2,1-4H3. The molecule has 0 rings (SSSR count). The second-order valence-electron chi connectivity index (χ2n) is 12.9. The van der Waals surface area contributed by atoms with Gasteiger partial charge in [0.2, 0.25) is 0 Å². The van der Waals surface area contributed by atoms with Crippen molar-refractivity contribution in [1.29, 1.82) is 0 Å². The van der Waals surface area contributed by atoms with Crippen LogP contribution in [0.3, 0.4) is 0 Å². The molecule has 0 fully saturated rings. The summed E-state index contributed by atoms with van der Waals surface area (Å²) < 4.78 is 0. The zero-order chi connectivity index (χ0) is 26.4. The molecule has 0 radical (unpaired) electrons. The summed E-state index contributed by atoms with van der Waals surface area (Å²) >= 11 is 6.41. The third-order valence-electron chi connectivity index (χ3n) is 4.77. The van der Waals surface area contributed by atoms with Gasteiger partial charge >= 0.3 is 0 Å². The first-order valence-corrected chi connectivity index (χ1v) is 17.2. The molecule has 33 heavy (non-hydrogen) atoms. The molecule has 0 amide bonds.